The predicted molar refractivity (Wildman–Crippen MR) is 43.4 cm³/mol. The molecule has 0 unspecified atom stereocenters. The first kappa shape index (κ1) is 8.93. The molecule has 1 nitrogen and oxygen atoms in total. The average Bonchev–Trinajstić information content (AvgIpc) is 1.97. The maximum atomic E-state index is 12.7. The lowest BCUT2D eigenvalue weighted by Crippen LogP contribution is -1.85. The fourth-order valence-corrected chi connectivity index (χ4v) is 1.24. The van der Waals surface area contributed by atoms with E-state index in [2.05, 4.69) is 31.9 Å². The van der Waals surface area contributed by atoms with Crippen LogP contribution < -0.4 is 0 Å². The topological polar surface area (TPSA) is 20.2 Å². The lowest BCUT2D eigenvalue weighted by molar-refractivity contribution is 0.420. The van der Waals surface area contributed by atoms with Crippen molar-refractivity contribution in [2.45, 2.75) is 0 Å². The molecule has 0 aliphatic carbocycles. The van der Waals surface area contributed by atoms with Gasteiger partial charge >= 0.3 is 0 Å². The maximum absolute atomic E-state index is 12.7. The van der Waals surface area contributed by atoms with Crippen molar-refractivity contribution in [2.24, 2.45) is 0 Å². The number of phenols is 1. The standard InChI is InChI=1S/C6H2Br2F2O/c7-2-1-3(9)4(8)6(11)5(2)10/h1,11H. The van der Waals surface area contributed by atoms with E-state index in [0.717, 1.165) is 6.07 Å². The van der Waals surface area contributed by atoms with Crippen LogP contribution in [0.1, 0.15) is 0 Å². The number of aromatic hydroxyl groups is 1. The van der Waals surface area contributed by atoms with Crippen LogP contribution in [-0.2, 0) is 0 Å². The largest absolute Gasteiger partial charge is 0.504 e. The van der Waals surface area contributed by atoms with Crippen molar-refractivity contribution in [3.8, 4) is 5.75 Å². The minimum atomic E-state index is -0.877. The van der Waals surface area contributed by atoms with Gasteiger partial charge in [-0.3, -0.25) is 0 Å². The minimum absolute atomic E-state index is 0.101. The van der Waals surface area contributed by atoms with E-state index in [0.29, 0.717) is 0 Å². The van der Waals surface area contributed by atoms with Gasteiger partial charge in [-0.2, -0.15) is 0 Å². The van der Waals surface area contributed by atoms with Gasteiger partial charge in [0.15, 0.2) is 11.6 Å². The summed E-state index contributed by atoms with van der Waals surface area (Å²) in [5.41, 5.74) is 0. The molecule has 0 fully saturated rings. The van der Waals surface area contributed by atoms with E-state index in [4.69, 9.17) is 5.11 Å². The first-order chi connectivity index (χ1) is 5.04. The Balaban J connectivity index is 3.46. The number of halogens is 4. The molecule has 0 aliphatic rings. The number of hydrogen-bond donors (Lipinski definition) is 1. The van der Waals surface area contributed by atoms with Gasteiger partial charge in [0.25, 0.3) is 0 Å². The Bertz CT molecular complexity index is 275. The summed E-state index contributed by atoms with van der Waals surface area (Å²) in [6.07, 6.45) is 0. The van der Waals surface area contributed by atoms with E-state index in [9.17, 15) is 8.78 Å². The second kappa shape index (κ2) is 3.06. The molecule has 1 N–H and O–H groups in total. The van der Waals surface area contributed by atoms with Crippen molar-refractivity contribution in [2.75, 3.05) is 0 Å². The Morgan fingerprint density at radius 3 is 2.36 bits per heavy atom. The van der Waals surface area contributed by atoms with Crippen LogP contribution in [0.3, 0.4) is 0 Å². The van der Waals surface area contributed by atoms with E-state index in [1.165, 1.54) is 0 Å². The number of rotatable bonds is 0. The Morgan fingerprint density at radius 1 is 1.27 bits per heavy atom. The summed E-state index contributed by atoms with van der Waals surface area (Å²) >= 11 is 5.41. The van der Waals surface area contributed by atoms with Crippen molar-refractivity contribution in [3.63, 3.8) is 0 Å². The minimum Gasteiger partial charge on any atom is -0.504 e. The van der Waals surface area contributed by atoms with Gasteiger partial charge in [0.05, 0.1) is 8.95 Å². The third-order valence-corrected chi connectivity index (χ3v) is 2.42. The van der Waals surface area contributed by atoms with Gasteiger partial charge in [-0.15, -0.1) is 0 Å². The predicted octanol–water partition coefficient (Wildman–Crippen LogP) is 3.20. The highest BCUT2D eigenvalue weighted by molar-refractivity contribution is 9.11. The number of benzene rings is 1. The first-order valence-corrected chi connectivity index (χ1v) is 4.14. The summed E-state index contributed by atoms with van der Waals surface area (Å²) in [6.45, 7) is 0. The molecule has 0 atom stereocenters. The summed E-state index contributed by atoms with van der Waals surface area (Å²) < 4.78 is 24.9. The molecule has 11 heavy (non-hydrogen) atoms. The van der Waals surface area contributed by atoms with Crippen molar-refractivity contribution < 1.29 is 13.9 Å². The molecule has 0 saturated carbocycles. The van der Waals surface area contributed by atoms with E-state index >= 15 is 0 Å². The van der Waals surface area contributed by atoms with E-state index < -0.39 is 17.4 Å². The van der Waals surface area contributed by atoms with Crippen molar-refractivity contribution in [3.05, 3.63) is 26.6 Å². The van der Waals surface area contributed by atoms with Crippen LogP contribution in [0.5, 0.6) is 5.75 Å². The smallest absolute Gasteiger partial charge is 0.180 e. The molecule has 0 aliphatic heterocycles. The molecule has 0 radical (unpaired) electrons. The monoisotopic (exact) mass is 286 g/mol. The summed E-state index contributed by atoms with van der Waals surface area (Å²) in [6, 6.07) is 0.930. The summed E-state index contributed by atoms with van der Waals surface area (Å²) in [7, 11) is 0. The average molecular weight is 288 g/mol. The highest BCUT2D eigenvalue weighted by Crippen LogP contribution is 2.33. The molecule has 0 heterocycles. The molecule has 60 valence electrons. The Morgan fingerprint density at radius 2 is 1.82 bits per heavy atom. The van der Waals surface area contributed by atoms with Gasteiger partial charge in [-0.1, -0.05) is 0 Å². The molecule has 1 aromatic carbocycles. The molecular weight excluding hydrogens is 286 g/mol. The van der Waals surface area contributed by atoms with E-state index in [-0.39, 0.29) is 8.95 Å². The van der Waals surface area contributed by atoms with Crippen LogP contribution in [-0.4, -0.2) is 5.11 Å². The number of phenolic OH excluding ortho intramolecular Hbond substituents is 1. The van der Waals surface area contributed by atoms with Crippen LogP contribution >= 0.6 is 31.9 Å². The first-order valence-electron chi connectivity index (χ1n) is 2.56. The Hall–Kier alpha value is -0.160. The third-order valence-electron chi connectivity index (χ3n) is 1.09. The van der Waals surface area contributed by atoms with Crippen LogP contribution in [0, 0.1) is 11.6 Å². The SMILES string of the molecule is Oc1c(F)c(Br)cc(F)c1Br. The molecule has 0 amide bonds. The van der Waals surface area contributed by atoms with Crippen LogP contribution in [0.15, 0.2) is 15.0 Å². The molecule has 0 spiro atoms. The van der Waals surface area contributed by atoms with Crippen LogP contribution in [0.25, 0.3) is 0 Å². The van der Waals surface area contributed by atoms with Crippen molar-refractivity contribution in [1.82, 2.24) is 0 Å². The molecule has 5 heteroatoms. The molecule has 1 aromatic rings. The molecule has 0 bridgehead atoms. The van der Waals surface area contributed by atoms with Gasteiger partial charge in [-0.25, -0.2) is 8.78 Å². The fourth-order valence-electron chi connectivity index (χ4n) is 0.561. The molecule has 1 rings (SSSR count). The third kappa shape index (κ3) is 1.54. The Labute approximate surface area is 78.3 Å². The zero-order chi connectivity index (χ0) is 8.59. The van der Waals surface area contributed by atoms with Crippen molar-refractivity contribution in [1.29, 1.82) is 0 Å². The molecule has 0 aromatic heterocycles. The Kier molecular flexibility index (Phi) is 2.49. The lowest BCUT2D eigenvalue weighted by atomic mass is 10.3. The normalized spacial score (nSPS) is 10.2. The number of hydrogen-bond acceptors (Lipinski definition) is 1. The summed E-state index contributed by atoms with van der Waals surface area (Å²) in [5.74, 6) is -2.31. The van der Waals surface area contributed by atoms with Crippen LogP contribution in [0.4, 0.5) is 8.78 Å². The van der Waals surface area contributed by atoms with E-state index in [1.54, 1.807) is 0 Å². The second-order valence-electron chi connectivity index (χ2n) is 1.82. The van der Waals surface area contributed by atoms with Crippen LogP contribution in [0.2, 0.25) is 0 Å². The summed E-state index contributed by atoms with van der Waals surface area (Å²) in [5, 5.41) is 8.88. The second-order valence-corrected chi connectivity index (χ2v) is 3.46. The zero-order valence-corrected chi connectivity index (χ0v) is 8.21. The van der Waals surface area contributed by atoms with Crippen molar-refractivity contribution >= 4 is 31.9 Å². The van der Waals surface area contributed by atoms with Gasteiger partial charge < -0.3 is 5.11 Å². The summed E-state index contributed by atoms with van der Waals surface area (Å²) in [4.78, 5) is 0. The van der Waals surface area contributed by atoms with Gasteiger partial charge in [0, 0.05) is 0 Å². The van der Waals surface area contributed by atoms with Gasteiger partial charge in [0.2, 0.25) is 0 Å². The highest BCUT2D eigenvalue weighted by atomic mass is 79.9. The molecule has 0 saturated heterocycles. The highest BCUT2D eigenvalue weighted by Gasteiger charge is 2.13. The fraction of sp³-hybridized carbons (Fsp3) is 0. The maximum Gasteiger partial charge on any atom is 0.180 e. The van der Waals surface area contributed by atoms with Gasteiger partial charge in [-0.05, 0) is 37.9 Å². The quantitative estimate of drug-likeness (QED) is 0.727. The van der Waals surface area contributed by atoms with E-state index in [1.807, 2.05) is 0 Å². The van der Waals surface area contributed by atoms with Gasteiger partial charge in [0.1, 0.15) is 5.82 Å². The lowest BCUT2D eigenvalue weighted by Gasteiger charge is -2.01. The zero-order valence-electron chi connectivity index (χ0n) is 5.04. The molecular formula is C6H2Br2F2O.